The van der Waals surface area contributed by atoms with Crippen LogP contribution in [0, 0.1) is 0 Å². The predicted molar refractivity (Wildman–Crippen MR) is 132 cm³/mol. The van der Waals surface area contributed by atoms with Crippen LogP contribution in [0.4, 0.5) is 0 Å². The number of amides is 2. The van der Waals surface area contributed by atoms with Gasteiger partial charge < -0.3 is 9.80 Å². The SMILES string of the molecule is CCCCCCCCCCCC(=O)N1CCN(C(=O)CCCCCCCCCCC)C1. The normalized spacial score (nSPS) is 13.9. The molecule has 1 heterocycles. The molecule has 1 saturated heterocycles. The van der Waals surface area contributed by atoms with Gasteiger partial charge in [0.15, 0.2) is 0 Å². The molecule has 4 heteroatoms. The number of hydrogen-bond donors (Lipinski definition) is 0. The molecule has 0 N–H and O–H groups in total. The maximum Gasteiger partial charge on any atom is 0.224 e. The van der Waals surface area contributed by atoms with E-state index in [0.717, 1.165) is 38.8 Å². The van der Waals surface area contributed by atoms with Crippen LogP contribution in [0.3, 0.4) is 0 Å². The summed E-state index contributed by atoms with van der Waals surface area (Å²) in [7, 11) is 0. The smallest absolute Gasteiger partial charge is 0.224 e. The summed E-state index contributed by atoms with van der Waals surface area (Å²) in [5.41, 5.74) is 0. The number of unbranched alkanes of at least 4 members (excludes halogenated alkanes) is 16. The van der Waals surface area contributed by atoms with Gasteiger partial charge in [-0.2, -0.15) is 0 Å². The van der Waals surface area contributed by atoms with Crippen molar-refractivity contribution in [3.05, 3.63) is 0 Å². The molecule has 0 aromatic carbocycles. The standard InChI is InChI=1S/C27H52N2O2/c1-3-5-7-9-11-13-15-17-19-21-26(30)28-23-24-29(25-28)27(31)22-20-18-16-14-12-10-8-6-4-2/h3-25H2,1-2H3. The van der Waals surface area contributed by atoms with E-state index in [-0.39, 0.29) is 11.8 Å². The molecule has 0 aliphatic carbocycles. The van der Waals surface area contributed by atoms with E-state index < -0.39 is 0 Å². The summed E-state index contributed by atoms with van der Waals surface area (Å²) in [5.74, 6) is 0.475. The average molecular weight is 437 g/mol. The third kappa shape index (κ3) is 14.6. The van der Waals surface area contributed by atoms with Crippen LogP contribution in [-0.2, 0) is 9.59 Å². The van der Waals surface area contributed by atoms with Crippen molar-refractivity contribution in [2.45, 2.75) is 142 Å². The highest BCUT2D eigenvalue weighted by Gasteiger charge is 2.26. The molecule has 182 valence electrons. The van der Waals surface area contributed by atoms with Crippen LogP contribution < -0.4 is 0 Å². The van der Waals surface area contributed by atoms with E-state index in [1.165, 1.54) is 89.9 Å². The Bertz CT molecular complexity index is 413. The summed E-state index contributed by atoms with van der Waals surface area (Å²) in [5, 5.41) is 0. The van der Waals surface area contributed by atoms with Crippen molar-refractivity contribution in [1.82, 2.24) is 9.80 Å². The van der Waals surface area contributed by atoms with Crippen molar-refractivity contribution >= 4 is 11.8 Å². The maximum absolute atomic E-state index is 12.4. The van der Waals surface area contributed by atoms with Gasteiger partial charge in [0.1, 0.15) is 0 Å². The monoisotopic (exact) mass is 436 g/mol. The number of nitrogens with zero attached hydrogens (tertiary/aromatic N) is 2. The lowest BCUT2D eigenvalue weighted by molar-refractivity contribution is -0.134. The van der Waals surface area contributed by atoms with E-state index in [0.29, 0.717) is 19.5 Å². The topological polar surface area (TPSA) is 40.6 Å². The number of hydrogen-bond acceptors (Lipinski definition) is 2. The van der Waals surface area contributed by atoms with Crippen molar-refractivity contribution in [3.8, 4) is 0 Å². The van der Waals surface area contributed by atoms with Crippen LogP contribution in [0.5, 0.6) is 0 Å². The molecule has 1 fully saturated rings. The predicted octanol–water partition coefficient (Wildman–Crippen LogP) is 7.46. The first-order valence-electron chi connectivity index (χ1n) is 13.7. The van der Waals surface area contributed by atoms with Gasteiger partial charge in [0, 0.05) is 25.9 Å². The molecular weight excluding hydrogens is 384 g/mol. The first-order valence-corrected chi connectivity index (χ1v) is 13.7. The van der Waals surface area contributed by atoms with Crippen molar-refractivity contribution in [2.24, 2.45) is 0 Å². The molecule has 0 bridgehead atoms. The van der Waals surface area contributed by atoms with Gasteiger partial charge in [-0.25, -0.2) is 0 Å². The fraction of sp³-hybridized carbons (Fsp3) is 0.926. The largest absolute Gasteiger partial charge is 0.323 e. The van der Waals surface area contributed by atoms with Gasteiger partial charge in [-0.05, 0) is 12.8 Å². The van der Waals surface area contributed by atoms with Crippen molar-refractivity contribution in [2.75, 3.05) is 19.8 Å². The average Bonchev–Trinajstić information content (AvgIpc) is 3.27. The summed E-state index contributed by atoms with van der Waals surface area (Å²) in [6.07, 6.45) is 24.2. The minimum Gasteiger partial charge on any atom is -0.323 e. The lowest BCUT2D eigenvalue weighted by atomic mass is 10.1. The highest BCUT2D eigenvalue weighted by atomic mass is 16.2. The Labute approximate surface area is 193 Å². The molecular formula is C27H52N2O2. The van der Waals surface area contributed by atoms with Crippen LogP contribution in [0.25, 0.3) is 0 Å². The van der Waals surface area contributed by atoms with Gasteiger partial charge in [-0.3, -0.25) is 9.59 Å². The van der Waals surface area contributed by atoms with Crippen molar-refractivity contribution in [1.29, 1.82) is 0 Å². The second-order valence-electron chi connectivity index (χ2n) is 9.61. The Hall–Kier alpha value is -1.06. The molecule has 4 nitrogen and oxygen atoms in total. The molecule has 0 spiro atoms. The molecule has 0 unspecified atom stereocenters. The Morgan fingerprint density at radius 2 is 0.774 bits per heavy atom. The summed E-state index contributed by atoms with van der Waals surface area (Å²) < 4.78 is 0. The first kappa shape index (κ1) is 28.0. The molecule has 1 aliphatic rings. The summed E-state index contributed by atoms with van der Waals surface area (Å²) in [4.78, 5) is 28.6. The molecule has 1 rings (SSSR count). The highest BCUT2D eigenvalue weighted by molar-refractivity contribution is 5.80. The number of carbonyl (C=O) groups excluding carboxylic acids is 2. The number of rotatable bonds is 20. The van der Waals surface area contributed by atoms with E-state index in [1.54, 1.807) is 0 Å². The fourth-order valence-electron chi connectivity index (χ4n) is 4.49. The van der Waals surface area contributed by atoms with Crippen LogP contribution in [0.2, 0.25) is 0 Å². The first-order chi connectivity index (χ1) is 15.2. The van der Waals surface area contributed by atoms with Gasteiger partial charge in [0.2, 0.25) is 11.8 Å². The number of carbonyl (C=O) groups is 2. The molecule has 0 radical (unpaired) electrons. The van der Waals surface area contributed by atoms with E-state index in [2.05, 4.69) is 13.8 Å². The molecule has 1 aliphatic heterocycles. The minimum atomic E-state index is 0.237. The lowest BCUT2D eigenvalue weighted by Crippen LogP contribution is -2.33. The Kier molecular flexibility index (Phi) is 17.7. The van der Waals surface area contributed by atoms with Crippen molar-refractivity contribution < 1.29 is 9.59 Å². The zero-order chi connectivity index (χ0) is 22.6. The molecule has 2 amide bonds. The van der Waals surface area contributed by atoms with E-state index in [1.807, 2.05) is 9.80 Å². The van der Waals surface area contributed by atoms with Crippen LogP contribution in [0.15, 0.2) is 0 Å². The summed E-state index contributed by atoms with van der Waals surface area (Å²) >= 11 is 0. The molecule has 0 aromatic rings. The van der Waals surface area contributed by atoms with Gasteiger partial charge in [0.05, 0.1) is 6.67 Å². The highest BCUT2D eigenvalue weighted by Crippen LogP contribution is 2.15. The van der Waals surface area contributed by atoms with E-state index >= 15 is 0 Å². The summed E-state index contributed by atoms with van der Waals surface area (Å²) in [6, 6.07) is 0. The van der Waals surface area contributed by atoms with E-state index in [4.69, 9.17) is 0 Å². The lowest BCUT2D eigenvalue weighted by Gasteiger charge is -2.18. The Morgan fingerprint density at radius 3 is 1.10 bits per heavy atom. The van der Waals surface area contributed by atoms with Gasteiger partial charge in [0.25, 0.3) is 0 Å². The Morgan fingerprint density at radius 1 is 0.484 bits per heavy atom. The molecule has 31 heavy (non-hydrogen) atoms. The van der Waals surface area contributed by atoms with Gasteiger partial charge >= 0.3 is 0 Å². The quantitative estimate of drug-likeness (QED) is 0.186. The second kappa shape index (κ2) is 19.6. The third-order valence-electron chi connectivity index (χ3n) is 6.68. The maximum atomic E-state index is 12.4. The second-order valence-corrected chi connectivity index (χ2v) is 9.61. The van der Waals surface area contributed by atoms with Gasteiger partial charge in [-0.15, -0.1) is 0 Å². The van der Waals surface area contributed by atoms with Crippen molar-refractivity contribution in [3.63, 3.8) is 0 Å². The third-order valence-corrected chi connectivity index (χ3v) is 6.68. The zero-order valence-corrected chi connectivity index (χ0v) is 21.0. The Balaban J connectivity index is 1.98. The van der Waals surface area contributed by atoms with Crippen LogP contribution in [-0.4, -0.2) is 41.4 Å². The zero-order valence-electron chi connectivity index (χ0n) is 21.0. The minimum absolute atomic E-state index is 0.237. The van der Waals surface area contributed by atoms with E-state index in [9.17, 15) is 9.59 Å². The van der Waals surface area contributed by atoms with Gasteiger partial charge in [-0.1, -0.05) is 117 Å². The molecule has 0 atom stereocenters. The fourth-order valence-corrected chi connectivity index (χ4v) is 4.49. The van der Waals surface area contributed by atoms with Crippen LogP contribution in [0.1, 0.15) is 142 Å². The molecule has 0 aromatic heterocycles. The van der Waals surface area contributed by atoms with Crippen LogP contribution >= 0.6 is 0 Å². The molecule has 0 saturated carbocycles. The summed E-state index contributed by atoms with van der Waals surface area (Å²) in [6.45, 7) is 6.47.